The molecule has 1 saturated heterocycles. The molecule has 0 spiro atoms. The van der Waals surface area contributed by atoms with Gasteiger partial charge in [-0.2, -0.15) is 0 Å². The maximum absolute atomic E-state index is 11.0. The minimum Gasteiger partial charge on any atom is -0.466 e. The standard InChI is InChI=1S/C10H18N2O3/c1-2-15-10(14)5-6-11-7-8-3-4-9(13)12-8/h8,11H,2-7H2,1H3,(H,12,13). The molecular weight excluding hydrogens is 196 g/mol. The van der Waals surface area contributed by atoms with E-state index in [4.69, 9.17) is 4.74 Å². The Morgan fingerprint density at radius 2 is 2.47 bits per heavy atom. The van der Waals surface area contributed by atoms with Gasteiger partial charge in [0.25, 0.3) is 0 Å². The largest absolute Gasteiger partial charge is 0.466 e. The molecule has 0 aromatic rings. The topological polar surface area (TPSA) is 67.4 Å². The Hall–Kier alpha value is -1.10. The molecule has 86 valence electrons. The van der Waals surface area contributed by atoms with Crippen molar-refractivity contribution in [3.63, 3.8) is 0 Å². The molecule has 1 heterocycles. The molecular formula is C10H18N2O3. The summed E-state index contributed by atoms with van der Waals surface area (Å²) in [4.78, 5) is 21.8. The van der Waals surface area contributed by atoms with Crippen molar-refractivity contribution in [3.8, 4) is 0 Å². The first-order chi connectivity index (χ1) is 7.22. The van der Waals surface area contributed by atoms with Gasteiger partial charge in [0.1, 0.15) is 0 Å². The van der Waals surface area contributed by atoms with Crippen molar-refractivity contribution < 1.29 is 14.3 Å². The van der Waals surface area contributed by atoms with Gasteiger partial charge in [-0.05, 0) is 13.3 Å². The summed E-state index contributed by atoms with van der Waals surface area (Å²) >= 11 is 0. The van der Waals surface area contributed by atoms with Crippen molar-refractivity contribution in [3.05, 3.63) is 0 Å². The SMILES string of the molecule is CCOC(=O)CCNCC1CCC(=O)N1. The Bertz CT molecular complexity index is 231. The van der Waals surface area contributed by atoms with Crippen molar-refractivity contribution in [2.75, 3.05) is 19.7 Å². The van der Waals surface area contributed by atoms with Crippen LogP contribution in [0.25, 0.3) is 0 Å². The molecule has 5 heteroatoms. The number of carbonyl (C=O) groups excluding carboxylic acids is 2. The van der Waals surface area contributed by atoms with Crippen LogP contribution in [0.1, 0.15) is 26.2 Å². The number of hydrogen-bond acceptors (Lipinski definition) is 4. The van der Waals surface area contributed by atoms with E-state index in [1.165, 1.54) is 0 Å². The van der Waals surface area contributed by atoms with Crippen LogP contribution < -0.4 is 10.6 Å². The highest BCUT2D eigenvalue weighted by molar-refractivity contribution is 5.78. The molecule has 0 aliphatic carbocycles. The van der Waals surface area contributed by atoms with E-state index in [1.54, 1.807) is 6.92 Å². The molecule has 1 aliphatic rings. The van der Waals surface area contributed by atoms with Gasteiger partial charge >= 0.3 is 5.97 Å². The Balaban J connectivity index is 1.97. The normalized spacial score (nSPS) is 20.1. The minimum atomic E-state index is -0.180. The lowest BCUT2D eigenvalue weighted by atomic mass is 10.2. The number of hydrogen-bond donors (Lipinski definition) is 2. The van der Waals surface area contributed by atoms with Gasteiger partial charge in [-0.1, -0.05) is 0 Å². The highest BCUT2D eigenvalue weighted by Crippen LogP contribution is 2.04. The maximum atomic E-state index is 11.0. The molecule has 1 atom stereocenters. The summed E-state index contributed by atoms with van der Waals surface area (Å²) in [6, 6.07) is 0.222. The quantitative estimate of drug-likeness (QED) is 0.475. The summed E-state index contributed by atoms with van der Waals surface area (Å²) in [6.07, 6.45) is 1.88. The first-order valence-electron chi connectivity index (χ1n) is 5.38. The Morgan fingerprint density at radius 3 is 3.07 bits per heavy atom. The molecule has 1 unspecified atom stereocenters. The maximum Gasteiger partial charge on any atom is 0.307 e. The summed E-state index contributed by atoms with van der Waals surface area (Å²) in [5, 5.41) is 5.97. The van der Waals surface area contributed by atoms with Crippen LogP contribution in [0.15, 0.2) is 0 Å². The third kappa shape index (κ3) is 4.78. The molecule has 0 aromatic heterocycles. The molecule has 0 saturated carbocycles. The van der Waals surface area contributed by atoms with E-state index in [0.717, 1.165) is 13.0 Å². The second-order valence-electron chi connectivity index (χ2n) is 3.56. The van der Waals surface area contributed by atoms with Gasteiger partial charge in [0.15, 0.2) is 0 Å². The summed E-state index contributed by atoms with van der Waals surface area (Å²) in [5.74, 6) is -0.0624. The van der Waals surface area contributed by atoms with Crippen LogP contribution in [0.3, 0.4) is 0 Å². The van der Waals surface area contributed by atoms with E-state index in [9.17, 15) is 9.59 Å². The summed E-state index contributed by atoms with van der Waals surface area (Å²) in [7, 11) is 0. The number of ether oxygens (including phenoxy) is 1. The van der Waals surface area contributed by atoms with Gasteiger partial charge in [0.2, 0.25) is 5.91 Å². The zero-order valence-electron chi connectivity index (χ0n) is 9.04. The molecule has 0 radical (unpaired) electrons. The van der Waals surface area contributed by atoms with E-state index >= 15 is 0 Å². The zero-order valence-corrected chi connectivity index (χ0v) is 9.04. The molecule has 1 rings (SSSR count). The lowest BCUT2D eigenvalue weighted by Gasteiger charge is -2.10. The number of esters is 1. The summed E-state index contributed by atoms with van der Waals surface area (Å²) in [6.45, 7) is 3.55. The zero-order chi connectivity index (χ0) is 11.1. The highest BCUT2D eigenvalue weighted by Gasteiger charge is 2.19. The molecule has 1 aliphatic heterocycles. The molecule has 15 heavy (non-hydrogen) atoms. The molecule has 0 aromatic carbocycles. The lowest BCUT2D eigenvalue weighted by Crippen LogP contribution is -2.36. The van der Waals surface area contributed by atoms with Crippen molar-refractivity contribution >= 4 is 11.9 Å². The van der Waals surface area contributed by atoms with Gasteiger partial charge in [0.05, 0.1) is 13.0 Å². The van der Waals surface area contributed by atoms with E-state index in [0.29, 0.717) is 26.0 Å². The minimum absolute atomic E-state index is 0.118. The fourth-order valence-electron chi connectivity index (χ4n) is 1.53. The monoisotopic (exact) mass is 214 g/mol. The van der Waals surface area contributed by atoms with Crippen molar-refractivity contribution in [2.45, 2.75) is 32.2 Å². The summed E-state index contributed by atoms with van der Waals surface area (Å²) in [5.41, 5.74) is 0. The molecule has 1 amide bonds. The predicted octanol–water partition coefficient (Wildman–Crippen LogP) is -0.192. The molecule has 2 N–H and O–H groups in total. The number of amides is 1. The first kappa shape index (κ1) is 12.0. The van der Waals surface area contributed by atoms with Gasteiger partial charge in [-0.15, -0.1) is 0 Å². The molecule has 0 bridgehead atoms. The third-order valence-electron chi connectivity index (χ3n) is 2.29. The second kappa shape index (κ2) is 6.40. The second-order valence-corrected chi connectivity index (χ2v) is 3.56. The Morgan fingerprint density at radius 1 is 1.67 bits per heavy atom. The Labute approximate surface area is 89.6 Å². The third-order valence-corrected chi connectivity index (χ3v) is 2.29. The molecule has 1 fully saturated rings. The van der Waals surface area contributed by atoms with E-state index in [1.807, 2.05) is 0 Å². The van der Waals surface area contributed by atoms with Crippen LogP contribution in [-0.2, 0) is 14.3 Å². The van der Waals surface area contributed by atoms with Crippen LogP contribution >= 0.6 is 0 Å². The highest BCUT2D eigenvalue weighted by atomic mass is 16.5. The van der Waals surface area contributed by atoms with Crippen molar-refractivity contribution in [2.24, 2.45) is 0 Å². The van der Waals surface area contributed by atoms with Crippen LogP contribution in [0, 0.1) is 0 Å². The number of rotatable bonds is 6. The smallest absolute Gasteiger partial charge is 0.307 e. The van der Waals surface area contributed by atoms with Crippen LogP contribution in [0.5, 0.6) is 0 Å². The van der Waals surface area contributed by atoms with Gasteiger partial charge < -0.3 is 15.4 Å². The van der Waals surface area contributed by atoms with Gasteiger partial charge in [-0.3, -0.25) is 9.59 Å². The Kier molecular flexibility index (Phi) is 5.10. The van der Waals surface area contributed by atoms with Crippen molar-refractivity contribution in [1.82, 2.24) is 10.6 Å². The van der Waals surface area contributed by atoms with Crippen LogP contribution in [0.4, 0.5) is 0 Å². The van der Waals surface area contributed by atoms with E-state index < -0.39 is 0 Å². The van der Waals surface area contributed by atoms with Gasteiger partial charge in [-0.25, -0.2) is 0 Å². The number of nitrogens with one attached hydrogen (secondary N) is 2. The average molecular weight is 214 g/mol. The van der Waals surface area contributed by atoms with Crippen LogP contribution in [-0.4, -0.2) is 37.6 Å². The number of carbonyl (C=O) groups is 2. The first-order valence-corrected chi connectivity index (χ1v) is 5.38. The van der Waals surface area contributed by atoms with Crippen LogP contribution in [0.2, 0.25) is 0 Å². The lowest BCUT2D eigenvalue weighted by molar-refractivity contribution is -0.143. The average Bonchev–Trinajstić information content (AvgIpc) is 2.60. The fraction of sp³-hybridized carbons (Fsp3) is 0.800. The van der Waals surface area contributed by atoms with Crippen molar-refractivity contribution in [1.29, 1.82) is 0 Å². The van der Waals surface area contributed by atoms with E-state index in [-0.39, 0.29) is 17.9 Å². The fourth-order valence-corrected chi connectivity index (χ4v) is 1.53. The van der Waals surface area contributed by atoms with E-state index in [2.05, 4.69) is 10.6 Å². The predicted molar refractivity (Wildman–Crippen MR) is 55.3 cm³/mol. The summed E-state index contributed by atoms with van der Waals surface area (Å²) < 4.78 is 4.78. The van der Waals surface area contributed by atoms with Gasteiger partial charge in [0, 0.05) is 25.6 Å². The molecule has 5 nitrogen and oxygen atoms in total.